The van der Waals surface area contributed by atoms with Crippen molar-refractivity contribution in [3.05, 3.63) is 0 Å². The molecule has 0 amide bonds. The lowest BCUT2D eigenvalue weighted by atomic mass is 10.0. The quantitative estimate of drug-likeness (QED) is 0.283. The molecule has 4 atom stereocenters. The Morgan fingerprint density at radius 3 is 1.94 bits per heavy atom. The molecule has 16 heavy (non-hydrogen) atoms. The van der Waals surface area contributed by atoms with Crippen LogP contribution in [0.5, 0.6) is 0 Å². The first-order valence-corrected chi connectivity index (χ1v) is 5.36. The molecule has 0 aliphatic carbocycles. The van der Waals surface area contributed by atoms with Crippen molar-refractivity contribution < 1.29 is 26.9 Å². The Morgan fingerprint density at radius 2 is 1.50 bits per heavy atom. The SMILES string of the molecule is [2H]N(CC(C)C)C[C@H](O)[C@@H](O)[C@H](O)[C@H](O)CO. The van der Waals surface area contributed by atoms with Crippen LogP contribution in [0.25, 0.3) is 0 Å². The van der Waals surface area contributed by atoms with Gasteiger partial charge in [0, 0.05) is 6.54 Å². The average Bonchev–Trinajstić information content (AvgIpc) is 2.24. The predicted octanol–water partition coefficient (Wildman–Crippen LogP) is -2.33. The van der Waals surface area contributed by atoms with Gasteiger partial charge in [-0.1, -0.05) is 13.8 Å². The summed E-state index contributed by atoms with van der Waals surface area (Å²) in [6.07, 6.45) is -6.11. The fourth-order valence-corrected chi connectivity index (χ4v) is 1.14. The Balaban J connectivity index is 4.16. The van der Waals surface area contributed by atoms with E-state index in [-0.39, 0.29) is 12.5 Å². The van der Waals surface area contributed by atoms with Gasteiger partial charge in [0.25, 0.3) is 0 Å². The van der Waals surface area contributed by atoms with Gasteiger partial charge in [0.05, 0.1) is 12.7 Å². The van der Waals surface area contributed by atoms with Crippen molar-refractivity contribution >= 4 is 0 Å². The minimum atomic E-state index is -1.64. The second kappa shape index (κ2) is 7.94. The van der Waals surface area contributed by atoms with E-state index in [0.717, 1.165) is 5.31 Å². The van der Waals surface area contributed by atoms with Crippen molar-refractivity contribution in [2.45, 2.75) is 38.3 Å². The van der Waals surface area contributed by atoms with E-state index < -0.39 is 31.0 Å². The van der Waals surface area contributed by atoms with Crippen LogP contribution in [0.1, 0.15) is 13.8 Å². The van der Waals surface area contributed by atoms with Crippen LogP contribution in [-0.2, 0) is 0 Å². The van der Waals surface area contributed by atoms with Crippen LogP contribution in [0, 0.1) is 5.92 Å². The lowest BCUT2D eigenvalue weighted by Crippen LogP contribution is -2.49. The normalized spacial score (nSPS) is 20.7. The molecule has 98 valence electrons. The van der Waals surface area contributed by atoms with E-state index in [1.165, 1.54) is 0 Å². The first-order valence-electron chi connectivity index (χ1n) is 5.81. The van der Waals surface area contributed by atoms with Gasteiger partial charge >= 0.3 is 0 Å². The lowest BCUT2D eigenvalue weighted by Gasteiger charge is -2.26. The molecular weight excluding hydrogens is 214 g/mol. The van der Waals surface area contributed by atoms with Gasteiger partial charge in [-0.3, -0.25) is 0 Å². The van der Waals surface area contributed by atoms with Gasteiger partial charge in [-0.15, -0.1) is 0 Å². The molecule has 0 rings (SSSR count). The molecule has 0 saturated carbocycles. The lowest BCUT2D eigenvalue weighted by molar-refractivity contribution is -0.114. The molecule has 0 fully saturated rings. The van der Waals surface area contributed by atoms with E-state index in [9.17, 15) is 15.3 Å². The van der Waals surface area contributed by atoms with E-state index in [4.69, 9.17) is 11.6 Å². The van der Waals surface area contributed by atoms with Crippen LogP contribution in [0.3, 0.4) is 0 Å². The fourth-order valence-electron chi connectivity index (χ4n) is 1.14. The summed E-state index contributed by atoms with van der Waals surface area (Å²) in [5, 5.41) is 47.2. The monoisotopic (exact) mass is 238 g/mol. The zero-order valence-electron chi connectivity index (χ0n) is 10.7. The highest BCUT2D eigenvalue weighted by Crippen LogP contribution is 2.04. The maximum atomic E-state index is 9.55. The highest BCUT2D eigenvalue weighted by atomic mass is 16.4. The third kappa shape index (κ3) is 5.74. The maximum absolute atomic E-state index is 9.55. The van der Waals surface area contributed by atoms with Crippen LogP contribution in [-0.4, -0.2) is 69.6 Å². The van der Waals surface area contributed by atoms with E-state index in [0.29, 0.717) is 6.54 Å². The van der Waals surface area contributed by atoms with E-state index in [2.05, 4.69) is 0 Å². The summed E-state index contributed by atoms with van der Waals surface area (Å²) in [5.41, 5.74) is 0. The molecule has 6 heteroatoms. The van der Waals surface area contributed by atoms with Gasteiger partial charge in [-0.2, -0.15) is 0 Å². The molecular formula is C10H23NO5. The predicted molar refractivity (Wildman–Crippen MR) is 58.8 cm³/mol. The van der Waals surface area contributed by atoms with Gasteiger partial charge in [-0.05, 0) is 12.5 Å². The molecule has 0 radical (unpaired) electrons. The smallest absolute Gasteiger partial charge is 0.122 e. The Labute approximate surface area is 97.0 Å². The highest BCUT2D eigenvalue weighted by molar-refractivity contribution is 4.81. The molecule has 0 aromatic rings. The van der Waals surface area contributed by atoms with Crippen LogP contribution >= 0.6 is 0 Å². The van der Waals surface area contributed by atoms with Gasteiger partial charge in [0.1, 0.15) is 19.7 Å². The number of aliphatic hydroxyl groups is 5. The topological polar surface area (TPSA) is 113 Å². The average molecular weight is 238 g/mol. The van der Waals surface area contributed by atoms with Gasteiger partial charge < -0.3 is 30.8 Å². The summed E-state index contributed by atoms with van der Waals surface area (Å²) >= 11 is 0. The van der Waals surface area contributed by atoms with Crippen molar-refractivity contribution in [1.29, 1.82) is 0 Å². The molecule has 6 N–H and O–H groups in total. The molecule has 0 unspecified atom stereocenters. The number of hydrogen-bond acceptors (Lipinski definition) is 6. The van der Waals surface area contributed by atoms with Crippen molar-refractivity contribution in [2.75, 3.05) is 19.7 Å². The maximum Gasteiger partial charge on any atom is 0.122 e. The number of aliphatic hydroxyl groups excluding tert-OH is 5. The highest BCUT2D eigenvalue weighted by Gasteiger charge is 2.29. The van der Waals surface area contributed by atoms with Gasteiger partial charge in [0.2, 0.25) is 0 Å². The Morgan fingerprint density at radius 1 is 1.00 bits per heavy atom. The molecule has 0 aliphatic heterocycles. The molecule has 0 heterocycles. The molecule has 0 aliphatic rings. The summed E-state index contributed by atoms with van der Waals surface area (Å²) < 4.78 is 7.49. The van der Waals surface area contributed by atoms with Crippen LogP contribution in [0.15, 0.2) is 0 Å². The fraction of sp³-hybridized carbons (Fsp3) is 1.00. The Kier molecular flexibility index (Phi) is 6.86. The molecule has 6 nitrogen and oxygen atoms in total. The molecule has 0 bridgehead atoms. The first-order chi connectivity index (χ1) is 7.79. The van der Waals surface area contributed by atoms with Crippen molar-refractivity contribution in [2.24, 2.45) is 5.92 Å². The molecule has 0 spiro atoms. The summed E-state index contributed by atoms with van der Waals surface area (Å²) in [7, 11) is 0. The van der Waals surface area contributed by atoms with Crippen molar-refractivity contribution in [1.82, 2.24) is 5.31 Å². The Hall–Kier alpha value is -0.240. The zero-order chi connectivity index (χ0) is 13.6. The Bertz CT molecular complexity index is 207. The summed E-state index contributed by atoms with van der Waals surface area (Å²) in [4.78, 5) is 0. The van der Waals surface area contributed by atoms with Crippen molar-refractivity contribution in [3.8, 4) is 0 Å². The third-order valence-corrected chi connectivity index (χ3v) is 2.14. The van der Waals surface area contributed by atoms with E-state index >= 15 is 0 Å². The zero-order valence-corrected chi connectivity index (χ0v) is 9.69. The van der Waals surface area contributed by atoms with Crippen molar-refractivity contribution in [3.63, 3.8) is 0 Å². The number of hydrogen-bond donors (Lipinski definition) is 6. The first kappa shape index (κ1) is 13.8. The minimum absolute atomic E-state index is 0.144. The van der Waals surface area contributed by atoms with Crippen LogP contribution < -0.4 is 5.31 Å². The van der Waals surface area contributed by atoms with Gasteiger partial charge in [0.15, 0.2) is 0 Å². The summed E-state index contributed by atoms with van der Waals surface area (Å²) in [5.74, 6) is 0.241. The standard InChI is InChI=1S/C10H23NO5/c1-6(2)3-11-4-7(13)9(15)10(16)8(14)5-12/h6-16H,3-5H2,1-2H3/t7-,8+,9+,10+/m0/s1/i/hD. The minimum Gasteiger partial charge on any atom is -0.394 e. The van der Waals surface area contributed by atoms with Crippen LogP contribution in [0.2, 0.25) is 1.41 Å². The largest absolute Gasteiger partial charge is 0.394 e. The molecule has 0 aromatic heterocycles. The third-order valence-electron chi connectivity index (χ3n) is 2.14. The van der Waals surface area contributed by atoms with Crippen LogP contribution in [0.4, 0.5) is 0 Å². The second-order valence-corrected chi connectivity index (χ2v) is 4.28. The summed E-state index contributed by atoms with van der Waals surface area (Å²) in [6, 6.07) is 0. The van der Waals surface area contributed by atoms with E-state index in [1.807, 2.05) is 13.8 Å². The molecule has 0 aromatic carbocycles. The number of rotatable bonds is 8. The van der Waals surface area contributed by atoms with E-state index in [1.54, 1.807) is 0 Å². The second-order valence-electron chi connectivity index (χ2n) is 4.28. The van der Waals surface area contributed by atoms with Gasteiger partial charge in [-0.25, -0.2) is 0 Å². The molecule has 0 saturated heterocycles. The number of nitrogens with one attached hydrogen (secondary N) is 1. The summed E-state index contributed by atoms with van der Waals surface area (Å²) in [6.45, 7) is 3.39.